The fourth-order valence-electron chi connectivity index (χ4n) is 1.59. The molecule has 0 spiro atoms. The first-order valence-corrected chi connectivity index (χ1v) is 7.27. The number of rotatable bonds is 5. The van der Waals surface area contributed by atoms with Gasteiger partial charge in [0, 0.05) is 0 Å². The summed E-state index contributed by atoms with van der Waals surface area (Å²) in [5.41, 5.74) is 5.58. The van der Waals surface area contributed by atoms with Crippen LogP contribution in [0.15, 0.2) is 0 Å². The van der Waals surface area contributed by atoms with E-state index in [0.29, 0.717) is 0 Å². The van der Waals surface area contributed by atoms with Gasteiger partial charge in [0.15, 0.2) is 0 Å². The Hall–Kier alpha value is 0.177. The van der Waals surface area contributed by atoms with Crippen molar-refractivity contribution in [1.82, 2.24) is 0 Å². The molecule has 0 aromatic carbocycles. The maximum Gasteiger partial charge on any atom is 0.0540 e. The van der Waals surface area contributed by atoms with Crippen LogP contribution < -0.4 is 5.73 Å². The molecular formula is C8H21NSi. The second-order valence-corrected chi connectivity index (χ2v) is 8.72. The highest BCUT2D eigenvalue weighted by Crippen LogP contribution is 2.23. The molecule has 2 heteroatoms. The molecule has 0 aromatic heterocycles. The van der Waals surface area contributed by atoms with Crippen molar-refractivity contribution in [3.8, 4) is 0 Å². The van der Waals surface area contributed by atoms with E-state index in [2.05, 4.69) is 20.8 Å². The van der Waals surface area contributed by atoms with Gasteiger partial charge in [-0.2, -0.15) is 0 Å². The highest BCUT2D eigenvalue weighted by molar-refractivity contribution is 6.79. The van der Waals surface area contributed by atoms with Gasteiger partial charge in [-0.25, -0.2) is 0 Å². The molecule has 0 atom stereocenters. The number of hydrogen-bond donors (Lipinski definition) is 1. The minimum absolute atomic E-state index is 0.842. The summed E-state index contributed by atoms with van der Waals surface area (Å²) in [4.78, 5) is 0. The maximum absolute atomic E-state index is 5.58. The van der Waals surface area contributed by atoms with Gasteiger partial charge in [-0.05, 0) is 12.6 Å². The Morgan fingerprint density at radius 3 is 1.50 bits per heavy atom. The summed E-state index contributed by atoms with van der Waals surface area (Å²) in [5, 5.41) is 0. The van der Waals surface area contributed by atoms with Crippen LogP contribution in [0.4, 0.5) is 0 Å². The summed E-state index contributed by atoms with van der Waals surface area (Å²) in [6.07, 6.45) is 0. The van der Waals surface area contributed by atoms with Gasteiger partial charge in [-0.1, -0.05) is 38.9 Å². The molecule has 0 bridgehead atoms. The summed E-state index contributed by atoms with van der Waals surface area (Å²) in [6.45, 7) is 7.89. The van der Waals surface area contributed by atoms with Crippen molar-refractivity contribution in [2.45, 2.75) is 44.9 Å². The van der Waals surface area contributed by atoms with Gasteiger partial charge < -0.3 is 5.73 Å². The van der Waals surface area contributed by atoms with Crippen LogP contribution in [-0.2, 0) is 0 Å². The molecular weight excluding hydrogens is 138 g/mol. The zero-order valence-corrected chi connectivity index (χ0v) is 8.61. The van der Waals surface area contributed by atoms with E-state index in [1.165, 1.54) is 24.2 Å². The lowest BCUT2D eigenvalue weighted by Crippen LogP contribution is -2.33. The van der Waals surface area contributed by atoms with E-state index in [9.17, 15) is 0 Å². The summed E-state index contributed by atoms with van der Waals surface area (Å²) in [6, 6.07) is 5.57. The molecule has 0 unspecified atom stereocenters. The SMILES string of the molecule is CC[Si](CC)(CC)CCN. The summed E-state index contributed by atoms with van der Waals surface area (Å²) < 4.78 is 0. The number of hydrogen-bond acceptors (Lipinski definition) is 1. The van der Waals surface area contributed by atoms with Gasteiger partial charge in [0.25, 0.3) is 0 Å². The molecule has 10 heavy (non-hydrogen) atoms. The van der Waals surface area contributed by atoms with Gasteiger partial charge in [0.2, 0.25) is 0 Å². The van der Waals surface area contributed by atoms with Crippen LogP contribution in [0.3, 0.4) is 0 Å². The molecule has 0 heterocycles. The minimum atomic E-state index is -0.842. The molecule has 0 saturated carbocycles. The third kappa shape index (κ3) is 2.43. The third-order valence-corrected chi connectivity index (χ3v) is 8.77. The molecule has 0 amide bonds. The lowest BCUT2D eigenvalue weighted by Gasteiger charge is -2.26. The standard InChI is InChI=1S/C8H21NSi/c1-4-10(5-2,6-3)8-7-9/h4-9H2,1-3H3. The van der Waals surface area contributed by atoms with Gasteiger partial charge >= 0.3 is 0 Å². The Bertz CT molecular complexity index is 71.1. The van der Waals surface area contributed by atoms with E-state index in [0.717, 1.165) is 6.54 Å². The average Bonchev–Trinajstić information content (AvgIpc) is 2.01. The van der Waals surface area contributed by atoms with Crippen molar-refractivity contribution >= 4 is 8.07 Å². The second-order valence-electron chi connectivity index (χ2n) is 3.10. The fraction of sp³-hybridized carbons (Fsp3) is 1.00. The zero-order valence-electron chi connectivity index (χ0n) is 7.61. The van der Waals surface area contributed by atoms with Crippen molar-refractivity contribution in [2.24, 2.45) is 5.73 Å². The van der Waals surface area contributed by atoms with E-state index >= 15 is 0 Å². The van der Waals surface area contributed by atoms with Crippen LogP contribution in [-0.4, -0.2) is 14.6 Å². The molecule has 0 saturated heterocycles. The van der Waals surface area contributed by atoms with E-state index < -0.39 is 8.07 Å². The van der Waals surface area contributed by atoms with Crippen LogP contribution >= 0.6 is 0 Å². The van der Waals surface area contributed by atoms with Crippen LogP contribution in [0.25, 0.3) is 0 Å². The molecule has 62 valence electrons. The van der Waals surface area contributed by atoms with E-state index in [1.807, 2.05) is 0 Å². The normalized spacial score (nSPS) is 12.0. The van der Waals surface area contributed by atoms with Gasteiger partial charge in [-0.15, -0.1) is 0 Å². The highest BCUT2D eigenvalue weighted by Gasteiger charge is 2.24. The summed E-state index contributed by atoms with van der Waals surface area (Å²) in [5.74, 6) is 0. The average molecular weight is 159 g/mol. The molecule has 0 aliphatic rings. The molecule has 0 aliphatic heterocycles. The van der Waals surface area contributed by atoms with Gasteiger partial charge in [0.05, 0.1) is 8.07 Å². The fourth-order valence-corrected chi connectivity index (χ4v) is 4.76. The predicted octanol–water partition coefficient (Wildman–Crippen LogP) is 2.45. The Balaban J connectivity index is 3.87. The maximum atomic E-state index is 5.58. The lowest BCUT2D eigenvalue weighted by molar-refractivity contribution is 1.02. The molecule has 0 aromatic rings. The van der Waals surface area contributed by atoms with Crippen molar-refractivity contribution in [3.05, 3.63) is 0 Å². The molecule has 1 nitrogen and oxygen atoms in total. The predicted molar refractivity (Wildman–Crippen MR) is 51.1 cm³/mol. The topological polar surface area (TPSA) is 26.0 Å². The van der Waals surface area contributed by atoms with E-state index in [1.54, 1.807) is 0 Å². The smallest absolute Gasteiger partial charge is 0.0540 e. The largest absolute Gasteiger partial charge is 0.331 e. The first-order valence-electron chi connectivity index (χ1n) is 4.44. The zero-order chi connectivity index (χ0) is 8.04. The third-order valence-electron chi connectivity index (χ3n) is 2.92. The monoisotopic (exact) mass is 159 g/mol. The molecule has 0 aliphatic carbocycles. The molecule has 0 fully saturated rings. The van der Waals surface area contributed by atoms with Crippen LogP contribution in [0, 0.1) is 0 Å². The van der Waals surface area contributed by atoms with E-state index in [-0.39, 0.29) is 0 Å². The first kappa shape index (κ1) is 10.2. The Labute approximate surface area is 66.0 Å². The van der Waals surface area contributed by atoms with Crippen molar-refractivity contribution < 1.29 is 0 Å². The number of nitrogens with two attached hydrogens (primary N) is 1. The molecule has 0 radical (unpaired) electrons. The molecule has 0 rings (SSSR count). The van der Waals surface area contributed by atoms with Crippen LogP contribution in [0.5, 0.6) is 0 Å². The van der Waals surface area contributed by atoms with E-state index in [4.69, 9.17) is 5.73 Å². The van der Waals surface area contributed by atoms with Gasteiger partial charge in [-0.3, -0.25) is 0 Å². The van der Waals surface area contributed by atoms with Crippen molar-refractivity contribution in [1.29, 1.82) is 0 Å². The Morgan fingerprint density at radius 2 is 1.40 bits per heavy atom. The van der Waals surface area contributed by atoms with Gasteiger partial charge in [0.1, 0.15) is 0 Å². The second kappa shape index (κ2) is 4.91. The Morgan fingerprint density at radius 1 is 1.00 bits per heavy atom. The minimum Gasteiger partial charge on any atom is -0.331 e. The van der Waals surface area contributed by atoms with Crippen LogP contribution in [0.2, 0.25) is 24.2 Å². The molecule has 2 N–H and O–H groups in total. The van der Waals surface area contributed by atoms with Crippen LogP contribution in [0.1, 0.15) is 20.8 Å². The van der Waals surface area contributed by atoms with Crippen molar-refractivity contribution in [3.63, 3.8) is 0 Å². The summed E-state index contributed by atoms with van der Waals surface area (Å²) >= 11 is 0. The van der Waals surface area contributed by atoms with Crippen molar-refractivity contribution in [2.75, 3.05) is 6.54 Å². The summed E-state index contributed by atoms with van der Waals surface area (Å²) in [7, 11) is -0.842. The lowest BCUT2D eigenvalue weighted by atomic mass is 10.8. The first-order chi connectivity index (χ1) is 4.74. The Kier molecular flexibility index (Phi) is 5.00. The highest BCUT2D eigenvalue weighted by atomic mass is 28.3. The quantitative estimate of drug-likeness (QED) is 0.613.